The van der Waals surface area contributed by atoms with Gasteiger partial charge in [0.05, 0.1) is 20.3 Å². The first-order valence-electron chi connectivity index (χ1n) is 5.43. The van der Waals surface area contributed by atoms with Gasteiger partial charge in [-0.2, -0.15) is 0 Å². The van der Waals surface area contributed by atoms with E-state index in [1.165, 1.54) is 5.56 Å². The molecule has 0 aliphatic carbocycles. The predicted molar refractivity (Wildman–Crippen MR) is 58.2 cm³/mol. The average molecular weight is 208 g/mol. The van der Waals surface area contributed by atoms with E-state index in [1.54, 1.807) is 12.0 Å². The first-order chi connectivity index (χ1) is 7.40. The first kappa shape index (κ1) is 10.5. The second-order valence-electron chi connectivity index (χ2n) is 3.85. The largest absolute Gasteiger partial charge is 0.496 e. The van der Waals surface area contributed by atoms with Gasteiger partial charge in [0, 0.05) is 5.56 Å². The maximum Gasteiger partial charge on any atom is 0.127 e. The van der Waals surface area contributed by atoms with Gasteiger partial charge in [-0.3, -0.25) is 0 Å². The zero-order valence-corrected chi connectivity index (χ0v) is 9.16. The standard InChI is InChI=1S/C12H17NO2/c1-14-12-5-3-2-4-11(12)10-13-6-8-15-9-7-13/h2-5H,6-10H2,1H3/p+1. The summed E-state index contributed by atoms with van der Waals surface area (Å²) in [4.78, 5) is 1.57. The molecule has 1 aromatic rings. The van der Waals surface area contributed by atoms with Crippen molar-refractivity contribution in [3.8, 4) is 5.75 Å². The van der Waals surface area contributed by atoms with Crippen molar-refractivity contribution < 1.29 is 14.4 Å². The van der Waals surface area contributed by atoms with Crippen molar-refractivity contribution in [2.75, 3.05) is 33.4 Å². The number of quaternary nitrogens is 1. The summed E-state index contributed by atoms with van der Waals surface area (Å²) in [7, 11) is 1.73. The second kappa shape index (κ2) is 5.14. The summed E-state index contributed by atoms with van der Waals surface area (Å²) in [6, 6.07) is 8.24. The van der Waals surface area contributed by atoms with Crippen molar-refractivity contribution in [2.45, 2.75) is 6.54 Å². The number of hydrogen-bond acceptors (Lipinski definition) is 2. The molecule has 0 spiro atoms. The summed E-state index contributed by atoms with van der Waals surface area (Å²) in [5, 5.41) is 0. The van der Waals surface area contributed by atoms with Crippen LogP contribution in [0.1, 0.15) is 5.56 Å². The highest BCUT2D eigenvalue weighted by molar-refractivity contribution is 5.32. The van der Waals surface area contributed by atoms with Gasteiger partial charge in [0.1, 0.15) is 25.4 Å². The van der Waals surface area contributed by atoms with Crippen molar-refractivity contribution in [1.29, 1.82) is 0 Å². The highest BCUT2D eigenvalue weighted by atomic mass is 16.5. The first-order valence-corrected chi connectivity index (χ1v) is 5.43. The smallest absolute Gasteiger partial charge is 0.127 e. The summed E-state index contributed by atoms with van der Waals surface area (Å²) < 4.78 is 10.7. The quantitative estimate of drug-likeness (QED) is 0.762. The highest BCUT2D eigenvalue weighted by Gasteiger charge is 2.15. The Morgan fingerprint density at radius 2 is 2.00 bits per heavy atom. The molecule has 1 N–H and O–H groups in total. The van der Waals surface area contributed by atoms with Crippen LogP contribution in [0.4, 0.5) is 0 Å². The normalized spacial score (nSPS) is 17.7. The molecule has 0 aromatic heterocycles. The number of ether oxygens (including phenoxy) is 2. The SMILES string of the molecule is COc1ccccc1C[NH+]1CCOCC1. The molecule has 1 aliphatic rings. The van der Waals surface area contributed by atoms with E-state index in [-0.39, 0.29) is 0 Å². The minimum atomic E-state index is 0.879. The van der Waals surface area contributed by atoms with E-state index in [0.29, 0.717) is 0 Å². The Balaban J connectivity index is 2.02. The number of benzene rings is 1. The fraction of sp³-hybridized carbons (Fsp3) is 0.500. The van der Waals surface area contributed by atoms with Crippen molar-refractivity contribution in [3.63, 3.8) is 0 Å². The third kappa shape index (κ3) is 2.70. The Morgan fingerprint density at radius 3 is 2.73 bits per heavy atom. The van der Waals surface area contributed by atoms with Gasteiger partial charge in [-0.05, 0) is 12.1 Å². The van der Waals surface area contributed by atoms with E-state index >= 15 is 0 Å². The van der Waals surface area contributed by atoms with Crippen molar-refractivity contribution >= 4 is 0 Å². The van der Waals surface area contributed by atoms with Gasteiger partial charge < -0.3 is 14.4 Å². The predicted octanol–water partition coefficient (Wildman–Crippen LogP) is 0.110. The van der Waals surface area contributed by atoms with Crippen LogP contribution in [0.15, 0.2) is 24.3 Å². The molecule has 0 bridgehead atoms. The molecule has 2 rings (SSSR count). The average Bonchev–Trinajstić information content (AvgIpc) is 2.31. The summed E-state index contributed by atoms with van der Waals surface area (Å²) in [6.45, 7) is 4.98. The van der Waals surface area contributed by atoms with Crippen LogP contribution in [-0.2, 0) is 11.3 Å². The number of rotatable bonds is 3. The highest BCUT2D eigenvalue weighted by Crippen LogP contribution is 2.15. The topological polar surface area (TPSA) is 22.9 Å². The summed E-state index contributed by atoms with van der Waals surface area (Å²) in [5.41, 5.74) is 1.29. The molecule has 3 heteroatoms. The van der Waals surface area contributed by atoms with Gasteiger partial charge in [-0.1, -0.05) is 12.1 Å². The van der Waals surface area contributed by atoms with E-state index in [0.717, 1.165) is 38.6 Å². The lowest BCUT2D eigenvalue weighted by Crippen LogP contribution is -3.12. The molecular weight excluding hydrogens is 190 g/mol. The van der Waals surface area contributed by atoms with Crippen molar-refractivity contribution in [1.82, 2.24) is 0 Å². The van der Waals surface area contributed by atoms with E-state index in [9.17, 15) is 0 Å². The fourth-order valence-electron chi connectivity index (χ4n) is 1.96. The number of hydrogen-bond donors (Lipinski definition) is 1. The van der Waals surface area contributed by atoms with Gasteiger partial charge in [0.2, 0.25) is 0 Å². The third-order valence-corrected chi connectivity index (χ3v) is 2.83. The zero-order chi connectivity index (χ0) is 10.5. The lowest BCUT2D eigenvalue weighted by atomic mass is 10.2. The summed E-state index contributed by atoms with van der Waals surface area (Å²) in [6.07, 6.45) is 0. The van der Waals surface area contributed by atoms with Crippen LogP contribution in [0.3, 0.4) is 0 Å². The molecule has 0 amide bonds. The fourth-order valence-corrected chi connectivity index (χ4v) is 1.96. The number of methoxy groups -OCH3 is 1. The van der Waals surface area contributed by atoms with Crippen LogP contribution in [-0.4, -0.2) is 33.4 Å². The number of nitrogens with one attached hydrogen (secondary N) is 1. The maximum atomic E-state index is 5.34. The number of morpholine rings is 1. The molecule has 1 aliphatic heterocycles. The van der Waals surface area contributed by atoms with E-state index in [1.807, 2.05) is 12.1 Å². The Bertz CT molecular complexity index is 308. The monoisotopic (exact) mass is 208 g/mol. The molecule has 82 valence electrons. The number of para-hydroxylation sites is 1. The lowest BCUT2D eigenvalue weighted by molar-refractivity contribution is -0.921. The summed E-state index contributed by atoms with van der Waals surface area (Å²) in [5.74, 6) is 0.997. The van der Waals surface area contributed by atoms with Crippen molar-refractivity contribution in [3.05, 3.63) is 29.8 Å². The Kier molecular flexibility index (Phi) is 3.59. The molecule has 1 fully saturated rings. The van der Waals surface area contributed by atoms with Crippen LogP contribution >= 0.6 is 0 Å². The Hall–Kier alpha value is -1.06. The van der Waals surface area contributed by atoms with E-state index in [4.69, 9.17) is 9.47 Å². The molecule has 0 atom stereocenters. The molecule has 15 heavy (non-hydrogen) atoms. The van der Waals surface area contributed by atoms with Crippen LogP contribution in [0.25, 0.3) is 0 Å². The molecular formula is C12H18NO2+. The Morgan fingerprint density at radius 1 is 1.27 bits per heavy atom. The van der Waals surface area contributed by atoms with Gasteiger partial charge in [-0.15, -0.1) is 0 Å². The molecule has 1 saturated heterocycles. The molecule has 3 nitrogen and oxygen atoms in total. The van der Waals surface area contributed by atoms with Crippen LogP contribution < -0.4 is 9.64 Å². The molecule has 1 heterocycles. The minimum Gasteiger partial charge on any atom is -0.496 e. The van der Waals surface area contributed by atoms with Crippen LogP contribution in [0.5, 0.6) is 5.75 Å². The van der Waals surface area contributed by atoms with Gasteiger partial charge in [0.15, 0.2) is 0 Å². The summed E-state index contributed by atoms with van der Waals surface area (Å²) >= 11 is 0. The molecule has 0 saturated carbocycles. The van der Waals surface area contributed by atoms with Crippen LogP contribution in [0, 0.1) is 0 Å². The Labute approximate surface area is 90.6 Å². The lowest BCUT2D eigenvalue weighted by Gasteiger charge is -2.24. The maximum absolute atomic E-state index is 5.34. The van der Waals surface area contributed by atoms with Gasteiger partial charge in [-0.25, -0.2) is 0 Å². The van der Waals surface area contributed by atoms with E-state index < -0.39 is 0 Å². The van der Waals surface area contributed by atoms with Crippen molar-refractivity contribution in [2.24, 2.45) is 0 Å². The minimum absolute atomic E-state index is 0.879. The molecule has 1 aromatic carbocycles. The van der Waals surface area contributed by atoms with Crippen LogP contribution in [0.2, 0.25) is 0 Å². The second-order valence-corrected chi connectivity index (χ2v) is 3.85. The third-order valence-electron chi connectivity index (χ3n) is 2.83. The molecule has 0 radical (unpaired) electrons. The van der Waals surface area contributed by atoms with E-state index in [2.05, 4.69) is 12.1 Å². The molecule has 0 unspecified atom stereocenters. The van der Waals surface area contributed by atoms with Gasteiger partial charge in [0.25, 0.3) is 0 Å². The van der Waals surface area contributed by atoms with Gasteiger partial charge >= 0.3 is 0 Å². The zero-order valence-electron chi connectivity index (χ0n) is 9.16.